The van der Waals surface area contributed by atoms with Crippen molar-refractivity contribution >= 4 is 11.7 Å². The Labute approximate surface area is 107 Å². The van der Waals surface area contributed by atoms with Crippen molar-refractivity contribution in [3.05, 3.63) is 11.8 Å². The molecule has 1 aliphatic heterocycles. The predicted octanol–water partition coefficient (Wildman–Crippen LogP) is 2.43. The second kappa shape index (κ2) is 6.00. The van der Waals surface area contributed by atoms with Gasteiger partial charge in [0.25, 0.3) is 0 Å². The van der Waals surface area contributed by atoms with Crippen molar-refractivity contribution in [2.75, 3.05) is 11.9 Å². The maximum Gasteiger partial charge on any atom is 0.225 e. The number of aromatic amines is 1. The van der Waals surface area contributed by atoms with Gasteiger partial charge >= 0.3 is 0 Å². The molecule has 0 spiro atoms. The summed E-state index contributed by atoms with van der Waals surface area (Å²) in [6.45, 7) is 5.00. The maximum absolute atomic E-state index is 11.7. The molecule has 0 bridgehead atoms. The third-order valence-electron chi connectivity index (χ3n) is 3.20. The Morgan fingerprint density at radius 1 is 1.67 bits per heavy atom. The van der Waals surface area contributed by atoms with E-state index in [4.69, 9.17) is 4.74 Å². The van der Waals surface area contributed by atoms with E-state index in [-0.39, 0.29) is 12.0 Å². The van der Waals surface area contributed by atoms with Gasteiger partial charge in [0.05, 0.1) is 6.10 Å². The zero-order valence-corrected chi connectivity index (χ0v) is 11.0. The van der Waals surface area contributed by atoms with E-state index in [0.29, 0.717) is 18.2 Å². The molecule has 1 aromatic heterocycles. The first-order chi connectivity index (χ1) is 8.65. The highest BCUT2D eigenvalue weighted by Gasteiger charge is 2.17. The quantitative estimate of drug-likeness (QED) is 0.844. The lowest BCUT2D eigenvalue weighted by molar-refractivity contribution is -0.116. The zero-order chi connectivity index (χ0) is 13.0. The van der Waals surface area contributed by atoms with Crippen molar-refractivity contribution in [1.29, 1.82) is 0 Å². The topological polar surface area (TPSA) is 67.0 Å². The first-order valence-electron chi connectivity index (χ1n) is 6.62. The average molecular weight is 251 g/mol. The normalized spacial score (nSPS) is 19.4. The van der Waals surface area contributed by atoms with E-state index >= 15 is 0 Å². The van der Waals surface area contributed by atoms with Crippen molar-refractivity contribution in [2.24, 2.45) is 0 Å². The monoisotopic (exact) mass is 251 g/mol. The summed E-state index contributed by atoms with van der Waals surface area (Å²) in [6.07, 6.45) is 3.75. The van der Waals surface area contributed by atoms with Crippen LogP contribution in [0.15, 0.2) is 6.07 Å². The lowest BCUT2D eigenvalue weighted by Crippen LogP contribution is -2.15. The van der Waals surface area contributed by atoms with E-state index in [2.05, 4.69) is 29.4 Å². The van der Waals surface area contributed by atoms with Gasteiger partial charge in [-0.25, -0.2) is 0 Å². The van der Waals surface area contributed by atoms with Gasteiger partial charge < -0.3 is 10.1 Å². The Kier molecular flexibility index (Phi) is 4.36. The Hall–Kier alpha value is -1.36. The van der Waals surface area contributed by atoms with Gasteiger partial charge in [-0.05, 0) is 25.2 Å². The van der Waals surface area contributed by atoms with Gasteiger partial charge in [0.2, 0.25) is 5.91 Å². The van der Waals surface area contributed by atoms with Crippen molar-refractivity contribution in [2.45, 2.75) is 51.6 Å². The Bertz CT molecular complexity index is 395. The van der Waals surface area contributed by atoms with Gasteiger partial charge in [-0.15, -0.1) is 0 Å². The van der Waals surface area contributed by atoms with Crippen LogP contribution in [0.25, 0.3) is 0 Å². The van der Waals surface area contributed by atoms with Gasteiger partial charge in [-0.1, -0.05) is 13.8 Å². The average Bonchev–Trinajstić information content (AvgIpc) is 2.96. The fourth-order valence-corrected chi connectivity index (χ4v) is 2.07. The lowest BCUT2D eigenvalue weighted by Gasteiger charge is -2.08. The second-order valence-corrected chi connectivity index (χ2v) is 5.09. The molecule has 1 saturated heterocycles. The summed E-state index contributed by atoms with van der Waals surface area (Å²) >= 11 is 0. The SMILES string of the molecule is CC(C)c1cc(NC(=O)CCC2CCCO2)n[nH]1. The van der Waals surface area contributed by atoms with Gasteiger partial charge in [-0.3, -0.25) is 9.89 Å². The molecule has 100 valence electrons. The molecule has 0 radical (unpaired) electrons. The first kappa shape index (κ1) is 13.1. The lowest BCUT2D eigenvalue weighted by atomic mass is 10.1. The van der Waals surface area contributed by atoms with Gasteiger partial charge in [0, 0.05) is 24.8 Å². The van der Waals surface area contributed by atoms with Crippen LogP contribution in [-0.2, 0) is 9.53 Å². The van der Waals surface area contributed by atoms with E-state index < -0.39 is 0 Å². The number of H-pyrrole nitrogens is 1. The molecule has 1 unspecified atom stereocenters. The van der Waals surface area contributed by atoms with Crippen LogP contribution in [0.5, 0.6) is 0 Å². The Balaban J connectivity index is 1.75. The molecule has 1 aliphatic rings. The Morgan fingerprint density at radius 2 is 2.50 bits per heavy atom. The number of nitrogens with one attached hydrogen (secondary N) is 2. The number of nitrogens with zero attached hydrogens (tertiary/aromatic N) is 1. The highest BCUT2D eigenvalue weighted by Crippen LogP contribution is 2.18. The summed E-state index contributed by atoms with van der Waals surface area (Å²) in [4.78, 5) is 11.7. The van der Waals surface area contributed by atoms with Crippen molar-refractivity contribution in [3.63, 3.8) is 0 Å². The summed E-state index contributed by atoms with van der Waals surface area (Å²) < 4.78 is 5.49. The fraction of sp³-hybridized carbons (Fsp3) is 0.692. The fourth-order valence-electron chi connectivity index (χ4n) is 2.07. The van der Waals surface area contributed by atoms with Gasteiger partial charge in [0.15, 0.2) is 5.82 Å². The van der Waals surface area contributed by atoms with E-state index in [1.54, 1.807) is 0 Å². The van der Waals surface area contributed by atoms with E-state index in [0.717, 1.165) is 31.6 Å². The molecular formula is C13H21N3O2. The predicted molar refractivity (Wildman–Crippen MR) is 69.5 cm³/mol. The molecule has 5 heteroatoms. The largest absolute Gasteiger partial charge is 0.378 e. The summed E-state index contributed by atoms with van der Waals surface area (Å²) in [6, 6.07) is 1.88. The number of hydrogen-bond donors (Lipinski definition) is 2. The second-order valence-electron chi connectivity index (χ2n) is 5.09. The van der Waals surface area contributed by atoms with Crippen LogP contribution >= 0.6 is 0 Å². The smallest absolute Gasteiger partial charge is 0.225 e. The molecule has 1 atom stereocenters. The molecule has 1 amide bonds. The number of amides is 1. The van der Waals surface area contributed by atoms with Crippen molar-refractivity contribution < 1.29 is 9.53 Å². The van der Waals surface area contributed by atoms with Crippen LogP contribution in [0.4, 0.5) is 5.82 Å². The number of aromatic nitrogens is 2. The number of carbonyl (C=O) groups excluding carboxylic acids is 1. The Morgan fingerprint density at radius 3 is 3.11 bits per heavy atom. The van der Waals surface area contributed by atoms with Crippen LogP contribution < -0.4 is 5.32 Å². The maximum atomic E-state index is 11.7. The molecule has 1 aromatic rings. The number of anilines is 1. The summed E-state index contributed by atoms with van der Waals surface area (Å²) in [5.74, 6) is 0.999. The molecule has 0 aromatic carbocycles. The molecular weight excluding hydrogens is 230 g/mol. The van der Waals surface area contributed by atoms with Crippen LogP contribution in [-0.4, -0.2) is 28.8 Å². The molecule has 2 N–H and O–H groups in total. The van der Waals surface area contributed by atoms with E-state index in [9.17, 15) is 4.79 Å². The summed E-state index contributed by atoms with van der Waals surface area (Å²) in [5, 5.41) is 9.79. The van der Waals surface area contributed by atoms with Gasteiger partial charge in [-0.2, -0.15) is 5.10 Å². The minimum Gasteiger partial charge on any atom is -0.378 e. The molecule has 0 aliphatic carbocycles. The van der Waals surface area contributed by atoms with Crippen LogP contribution in [0, 0.1) is 0 Å². The van der Waals surface area contributed by atoms with Crippen molar-refractivity contribution in [3.8, 4) is 0 Å². The zero-order valence-electron chi connectivity index (χ0n) is 11.0. The summed E-state index contributed by atoms with van der Waals surface area (Å²) in [7, 11) is 0. The summed E-state index contributed by atoms with van der Waals surface area (Å²) in [5.41, 5.74) is 1.03. The molecule has 2 rings (SSSR count). The number of hydrogen-bond acceptors (Lipinski definition) is 3. The van der Waals surface area contributed by atoms with Gasteiger partial charge in [0.1, 0.15) is 0 Å². The molecule has 2 heterocycles. The molecule has 5 nitrogen and oxygen atoms in total. The molecule has 18 heavy (non-hydrogen) atoms. The third-order valence-corrected chi connectivity index (χ3v) is 3.20. The molecule has 1 fully saturated rings. The number of ether oxygens (including phenoxy) is 1. The van der Waals surface area contributed by atoms with Crippen LogP contribution in [0.2, 0.25) is 0 Å². The van der Waals surface area contributed by atoms with E-state index in [1.807, 2.05) is 6.07 Å². The number of rotatable bonds is 5. The third kappa shape index (κ3) is 3.57. The van der Waals surface area contributed by atoms with Crippen molar-refractivity contribution in [1.82, 2.24) is 10.2 Å². The number of carbonyl (C=O) groups is 1. The standard InChI is InChI=1S/C13H21N3O2/c1-9(2)11-8-12(16-15-11)14-13(17)6-5-10-4-3-7-18-10/h8-10H,3-7H2,1-2H3,(H2,14,15,16,17). The van der Waals surface area contributed by atoms with Crippen LogP contribution in [0.3, 0.4) is 0 Å². The minimum absolute atomic E-state index is 0.00676. The highest BCUT2D eigenvalue weighted by atomic mass is 16.5. The highest BCUT2D eigenvalue weighted by molar-refractivity contribution is 5.89. The minimum atomic E-state index is 0.00676. The van der Waals surface area contributed by atoms with E-state index in [1.165, 1.54) is 0 Å². The first-order valence-corrected chi connectivity index (χ1v) is 6.62. The van der Waals surface area contributed by atoms with Crippen LogP contribution in [0.1, 0.15) is 51.1 Å². The molecule has 0 saturated carbocycles.